The molecular weight excluding hydrogens is 531 g/mol. The van der Waals surface area contributed by atoms with E-state index in [9.17, 15) is 27.9 Å². The lowest BCUT2D eigenvalue weighted by Gasteiger charge is -2.15. The van der Waals surface area contributed by atoms with E-state index in [0.29, 0.717) is 16.4 Å². The quantitative estimate of drug-likeness (QED) is 0.331. The second-order valence-electron chi connectivity index (χ2n) is 8.18. The Kier molecular flexibility index (Phi) is 7.64. The molecule has 200 valence electrons. The largest absolute Gasteiger partial charge is 0.455 e. The first-order chi connectivity index (χ1) is 17.9. The Morgan fingerprint density at radius 1 is 1.16 bits per heavy atom. The molecule has 0 aliphatic rings. The van der Waals surface area contributed by atoms with E-state index in [-0.39, 0.29) is 24.0 Å². The minimum absolute atomic E-state index is 0.0513. The van der Waals surface area contributed by atoms with Gasteiger partial charge in [-0.3, -0.25) is 9.36 Å². The Labute approximate surface area is 218 Å². The molecule has 2 atom stereocenters. The van der Waals surface area contributed by atoms with Crippen molar-refractivity contribution in [1.82, 2.24) is 34.1 Å². The van der Waals surface area contributed by atoms with E-state index in [2.05, 4.69) is 20.2 Å². The number of hydrogen-bond acceptors (Lipinski definition) is 8. The van der Waals surface area contributed by atoms with Crippen molar-refractivity contribution in [2.45, 2.75) is 45.3 Å². The molecule has 0 radical (unpaired) electrons. The fraction of sp³-hybridized carbons (Fsp3) is 0.304. The maximum Gasteiger partial charge on any atom is 0.416 e. The van der Waals surface area contributed by atoms with Crippen molar-refractivity contribution < 1.29 is 27.8 Å². The number of carbonyl (C=O) groups excluding carboxylic acids is 1. The monoisotopic (exact) mass is 551 g/mol. The van der Waals surface area contributed by atoms with E-state index >= 15 is 0 Å². The standard InChI is InChI=1S/C23H21ClF3N7O4/c1-13(38-14(2)35)20-29-18(30-34(20)19-5-3-4-10-28-19)12-33-22(37)32(11-17(36)23(25,26)27)21(31-33)15-6-8-16(24)9-7-15/h3-10,13,17,36H,11-12H2,1-2H3. The number of rotatable bonds is 8. The number of aliphatic hydroxyl groups is 1. The van der Waals surface area contributed by atoms with E-state index in [1.165, 1.54) is 42.1 Å². The zero-order valence-electron chi connectivity index (χ0n) is 20.0. The highest BCUT2D eigenvalue weighted by atomic mass is 35.5. The van der Waals surface area contributed by atoms with Crippen LogP contribution in [0.1, 0.15) is 31.6 Å². The van der Waals surface area contributed by atoms with Gasteiger partial charge >= 0.3 is 17.8 Å². The zero-order chi connectivity index (χ0) is 27.6. The maximum absolute atomic E-state index is 13.2. The smallest absolute Gasteiger partial charge is 0.416 e. The van der Waals surface area contributed by atoms with Crippen LogP contribution in [0.5, 0.6) is 0 Å². The highest BCUT2D eigenvalue weighted by molar-refractivity contribution is 6.30. The number of aliphatic hydroxyl groups excluding tert-OH is 1. The molecule has 0 saturated heterocycles. The summed E-state index contributed by atoms with van der Waals surface area (Å²) in [7, 11) is 0. The van der Waals surface area contributed by atoms with Crippen molar-refractivity contribution in [2.75, 3.05) is 0 Å². The predicted molar refractivity (Wildman–Crippen MR) is 127 cm³/mol. The minimum atomic E-state index is -4.95. The number of hydrogen-bond donors (Lipinski definition) is 1. The summed E-state index contributed by atoms with van der Waals surface area (Å²) in [4.78, 5) is 33.3. The van der Waals surface area contributed by atoms with E-state index in [1.54, 1.807) is 25.1 Å². The molecule has 0 bridgehead atoms. The van der Waals surface area contributed by atoms with Gasteiger partial charge in [-0.2, -0.15) is 17.9 Å². The fourth-order valence-electron chi connectivity index (χ4n) is 3.58. The summed E-state index contributed by atoms with van der Waals surface area (Å²) < 4.78 is 47.5. The number of aromatic nitrogens is 7. The van der Waals surface area contributed by atoms with Crippen molar-refractivity contribution in [1.29, 1.82) is 0 Å². The van der Waals surface area contributed by atoms with Gasteiger partial charge in [0.1, 0.15) is 6.54 Å². The van der Waals surface area contributed by atoms with Gasteiger partial charge in [-0.1, -0.05) is 17.7 Å². The van der Waals surface area contributed by atoms with Gasteiger partial charge in [-0.05, 0) is 43.3 Å². The molecule has 0 amide bonds. The summed E-state index contributed by atoms with van der Waals surface area (Å²) in [6.45, 7) is 1.39. The number of carbonyl (C=O) groups is 1. The van der Waals surface area contributed by atoms with E-state index in [1.807, 2.05) is 0 Å². The third kappa shape index (κ3) is 5.92. The fourth-order valence-corrected chi connectivity index (χ4v) is 3.71. The van der Waals surface area contributed by atoms with E-state index in [4.69, 9.17) is 16.3 Å². The third-order valence-electron chi connectivity index (χ3n) is 5.30. The van der Waals surface area contributed by atoms with Gasteiger partial charge in [0.25, 0.3) is 0 Å². The molecule has 15 heteroatoms. The molecule has 4 aromatic rings. The summed E-state index contributed by atoms with van der Waals surface area (Å²) in [5.41, 5.74) is -0.627. The molecule has 4 rings (SSSR count). The highest BCUT2D eigenvalue weighted by Crippen LogP contribution is 2.24. The average molecular weight is 552 g/mol. The Morgan fingerprint density at radius 3 is 2.47 bits per heavy atom. The number of alkyl halides is 3. The normalized spacial score (nSPS) is 13.3. The first-order valence-corrected chi connectivity index (χ1v) is 11.5. The minimum Gasteiger partial charge on any atom is -0.455 e. The van der Waals surface area contributed by atoms with Gasteiger partial charge in [0, 0.05) is 23.7 Å². The van der Waals surface area contributed by atoms with Crippen LogP contribution in [0.25, 0.3) is 17.2 Å². The lowest BCUT2D eigenvalue weighted by molar-refractivity contribution is -0.207. The van der Waals surface area contributed by atoms with Crippen LogP contribution in [-0.4, -0.2) is 57.5 Å². The average Bonchev–Trinajstić information content (AvgIpc) is 3.41. The second-order valence-corrected chi connectivity index (χ2v) is 8.61. The number of esters is 1. The molecule has 11 nitrogen and oxygen atoms in total. The first kappa shape index (κ1) is 27.0. The number of pyridine rings is 1. The van der Waals surface area contributed by atoms with Crippen LogP contribution in [0.3, 0.4) is 0 Å². The Bertz CT molecular complexity index is 1480. The molecule has 1 aromatic carbocycles. The lowest BCUT2D eigenvalue weighted by Crippen LogP contribution is -2.37. The van der Waals surface area contributed by atoms with Crippen LogP contribution < -0.4 is 5.69 Å². The van der Waals surface area contributed by atoms with Crippen LogP contribution >= 0.6 is 11.6 Å². The molecule has 38 heavy (non-hydrogen) atoms. The Balaban J connectivity index is 1.77. The highest BCUT2D eigenvalue weighted by Gasteiger charge is 2.39. The van der Waals surface area contributed by atoms with Gasteiger partial charge in [-0.15, -0.1) is 10.2 Å². The molecule has 0 saturated carbocycles. The topological polar surface area (TPSA) is 130 Å². The van der Waals surface area contributed by atoms with Gasteiger partial charge in [0.15, 0.2) is 35.5 Å². The molecule has 2 unspecified atom stereocenters. The van der Waals surface area contributed by atoms with E-state index < -0.39 is 36.6 Å². The van der Waals surface area contributed by atoms with Gasteiger partial charge < -0.3 is 9.84 Å². The molecular formula is C23H21ClF3N7O4. The SMILES string of the molecule is CC(=O)OC(C)c1nc(Cn2nc(-c3ccc(Cl)cc3)n(CC(O)C(F)(F)F)c2=O)nn1-c1ccccn1. The second kappa shape index (κ2) is 10.8. The molecule has 3 heterocycles. The molecule has 0 spiro atoms. The summed E-state index contributed by atoms with van der Waals surface area (Å²) in [6.07, 6.45) is -7.07. The van der Waals surface area contributed by atoms with Crippen molar-refractivity contribution in [3.05, 3.63) is 75.8 Å². The van der Waals surface area contributed by atoms with Crippen molar-refractivity contribution >= 4 is 17.6 Å². The molecule has 0 aliphatic heterocycles. The van der Waals surface area contributed by atoms with Crippen LogP contribution in [0.2, 0.25) is 5.02 Å². The Hall–Kier alpha value is -4.04. The van der Waals surface area contributed by atoms with Crippen LogP contribution in [-0.2, 0) is 22.6 Å². The molecule has 0 fully saturated rings. The number of halogens is 4. The van der Waals surface area contributed by atoms with Crippen molar-refractivity contribution in [3.8, 4) is 17.2 Å². The summed E-state index contributed by atoms with van der Waals surface area (Å²) in [5.74, 6) is -0.0662. The number of nitrogens with zero attached hydrogens (tertiary/aromatic N) is 7. The molecule has 3 aromatic heterocycles. The van der Waals surface area contributed by atoms with Crippen LogP contribution in [0.15, 0.2) is 53.5 Å². The summed E-state index contributed by atoms with van der Waals surface area (Å²) >= 11 is 5.91. The predicted octanol–water partition coefficient (Wildman–Crippen LogP) is 2.94. The summed E-state index contributed by atoms with van der Waals surface area (Å²) in [5, 5.41) is 18.6. The molecule has 1 N–H and O–H groups in total. The maximum atomic E-state index is 13.2. The number of benzene rings is 1. The van der Waals surface area contributed by atoms with E-state index in [0.717, 1.165) is 9.25 Å². The van der Waals surface area contributed by atoms with Crippen molar-refractivity contribution in [3.63, 3.8) is 0 Å². The van der Waals surface area contributed by atoms with Crippen molar-refractivity contribution in [2.24, 2.45) is 0 Å². The summed E-state index contributed by atoms with van der Waals surface area (Å²) in [6, 6.07) is 11.0. The number of ether oxygens (including phenoxy) is 1. The van der Waals surface area contributed by atoms with Gasteiger partial charge in [-0.25, -0.2) is 19.4 Å². The van der Waals surface area contributed by atoms with Crippen LogP contribution in [0.4, 0.5) is 13.2 Å². The lowest BCUT2D eigenvalue weighted by atomic mass is 10.2. The zero-order valence-corrected chi connectivity index (χ0v) is 20.8. The van der Waals surface area contributed by atoms with Gasteiger partial charge in [0.05, 0.1) is 6.54 Å². The Morgan fingerprint density at radius 2 is 1.87 bits per heavy atom. The first-order valence-electron chi connectivity index (χ1n) is 11.2. The molecule has 0 aliphatic carbocycles. The van der Waals surface area contributed by atoms with Gasteiger partial charge in [0.2, 0.25) is 0 Å². The van der Waals surface area contributed by atoms with Crippen LogP contribution in [0, 0.1) is 0 Å². The third-order valence-corrected chi connectivity index (χ3v) is 5.55.